The maximum atomic E-state index is 5.68. The van der Waals surface area contributed by atoms with Crippen LogP contribution in [0.1, 0.15) is 25.7 Å². The van der Waals surface area contributed by atoms with E-state index in [0.717, 1.165) is 29.6 Å². The molecule has 0 aromatic heterocycles. The van der Waals surface area contributed by atoms with Crippen LogP contribution < -0.4 is 0 Å². The molecule has 1 heteroatoms. The minimum absolute atomic E-state index is 0.668. The first-order valence-corrected chi connectivity index (χ1v) is 6.15. The van der Waals surface area contributed by atoms with Crippen LogP contribution in [-0.2, 0) is 4.74 Å². The van der Waals surface area contributed by atoms with Gasteiger partial charge in [-0.2, -0.15) is 0 Å². The number of hydrogen-bond donors (Lipinski definition) is 0. The number of rotatable bonds is 1. The van der Waals surface area contributed by atoms with E-state index in [2.05, 4.69) is 12.7 Å². The number of fused-ring (bicyclic) bond motifs is 6. The summed E-state index contributed by atoms with van der Waals surface area (Å²) in [4.78, 5) is 0. The van der Waals surface area contributed by atoms with Crippen LogP contribution in [0.4, 0.5) is 0 Å². The normalized spacial score (nSPS) is 63.3. The van der Waals surface area contributed by atoms with Gasteiger partial charge in [-0.25, -0.2) is 0 Å². The number of ether oxygens (including phenoxy) is 1. The Hall–Kier alpha value is -0.300. The molecule has 0 aromatic rings. The van der Waals surface area contributed by atoms with Gasteiger partial charge in [-0.15, -0.1) is 6.58 Å². The Morgan fingerprint density at radius 1 is 0.929 bits per heavy atom. The molecular weight excluding hydrogens is 172 g/mol. The van der Waals surface area contributed by atoms with E-state index >= 15 is 0 Å². The third kappa shape index (κ3) is 0.850. The lowest BCUT2D eigenvalue weighted by molar-refractivity contribution is 0.148. The monoisotopic (exact) mass is 190 g/mol. The molecule has 76 valence electrons. The second kappa shape index (κ2) is 2.44. The fraction of sp³-hybridized carbons (Fsp3) is 0.846. The van der Waals surface area contributed by atoms with E-state index < -0.39 is 0 Å². The van der Waals surface area contributed by atoms with E-state index in [1.165, 1.54) is 25.7 Å². The highest BCUT2D eigenvalue weighted by Crippen LogP contribution is 2.62. The molecule has 14 heavy (non-hydrogen) atoms. The minimum Gasteiger partial charge on any atom is -0.370 e. The van der Waals surface area contributed by atoms with Gasteiger partial charge in [0.1, 0.15) is 0 Å². The molecule has 0 aromatic carbocycles. The molecule has 1 aliphatic heterocycles. The van der Waals surface area contributed by atoms with Gasteiger partial charge in [-0.3, -0.25) is 0 Å². The fourth-order valence-corrected chi connectivity index (χ4v) is 4.77. The van der Waals surface area contributed by atoms with Crippen LogP contribution in [0, 0.1) is 29.6 Å². The first kappa shape index (κ1) is 7.92. The lowest BCUT2D eigenvalue weighted by atomic mass is 9.67. The van der Waals surface area contributed by atoms with Crippen LogP contribution in [-0.4, -0.2) is 12.2 Å². The molecular formula is C13H18O. The van der Waals surface area contributed by atoms with Gasteiger partial charge in [0, 0.05) is 0 Å². The summed E-state index contributed by atoms with van der Waals surface area (Å²) >= 11 is 0. The summed E-state index contributed by atoms with van der Waals surface area (Å²) in [7, 11) is 0. The van der Waals surface area contributed by atoms with Gasteiger partial charge in [0.2, 0.25) is 0 Å². The topological polar surface area (TPSA) is 12.5 Å². The molecule has 2 unspecified atom stereocenters. The fourth-order valence-electron chi connectivity index (χ4n) is 4.77. The maximum absolute atomic E-state index is 5.68. The Morgan fingerprint density at radius 2 is 1.71 bits per heavy atom. The Kier molecular flexibility index (Phi) is 1.38. The van der Waals surface area contributed by atoms with Crippen LogP contribution in [0.2, 0.25) is 0 Å². The lowest BCUT2D eigenvalue weighted by Crippen LogP contribution is -2.32. The van der Waals surface area contributed by atoms with Gasteiger partial charge in [-0.05, 0) is 55.3 Å². The number of allylic oxidation sites excluding steroid dienone is 1. The Balaban J connectivity index is 1.63. The van der Waals surface area contributed by atoms with Crippen molar-refractivity contribution >= 4 is 0 Å². The molecule has 1 saturated heterocycles. The Bertz CT molecular complexity index is 285. The molecule has 3 saturated carbocycles. The van der Waals surface area contributed by atoms with Gasteiger partial charge in [-0.1, -0.05) is 6.08 Å². The van der Waals surface area contributed by atoms with Crippen molar-refractivity contribution in [1.82, 2.24) is 0 Å². The van der Waals surface area contributed by atoms with Crippen molar-refractivity contribution in [1.29, 1.82) is 0 Å². The second-order valence-corrected chi connectivity index (χ2v) is 5.81. The van der Waals surface area contributed by atoms with Gasteiger partial charge < -0.3 is 4.74 Å². The lowest BCUT2D eigenvalue weighted by Gasteiger charge is -2.36. The van der Waals surface area contributed by atoms with Crippen LogP contribution in [0.25, 0.3) is 0 Å². The highest BCUT2D eigenvalue weighted by Gasteiger charge is 2.59. The predicted octanol–water partition coefficient (Wildman–Crippen LogP) is 2.62. The van der Waals surface area contributed by atoms with Gasteiger partial charge in [0.25, 0.3) is 0 Å². The van der Waals surface area contributed by atoms with Crippen molar-refractivity contribution in [3.63, 3.8) is 0 Å². The Labute approximate surface area is 85.5 Å². The van der Waals surface area contributed by atoms with Crippen LogP contribution in [0.3, 0.4) is 0 Å². The molecule has 1 nitrogen and oxygen atoms in total. The highest BCUT2D eigenvalue weighted by atomic mass is 16.6. The van der Waals surface area contributed by atoms with Crippen molar-refractivity contribution in [3.8, 4) is 0 Å². The molecule has 4 aliphatic rings. The molecule has 7 atom stereocenters. The number of hydrogen-bond acceptors (Lipinski definition) is 1. The van der Waals surface area contributed by atoms with E-state index in [-0.39, 0.29) is 0 Å². The molecule has 3 aliphatic carbocycles. The minimum atomic E-state index is 0.668. The zero-order valence-electron chi connectivity index (χ0n) is 8.56. The quantitative estimate of drug-likeness (QED) is 0.457. The van der Waals surface area contributed by atoms with Crippen molar-refractivity contribution < 1.29 is 4.74 Å². The summed E-state index contributed by atoms with van der Waals surface area (Å²) in [6, 6.07) is 0. The summed E-state index contributed by atoms with van der Waals surface area (Å²) in [5.41, 5.74) is 0. The predicted molar refractivity (Wildman–Crippen MR) is 54.8 cm³/mol. The average Bonchev–Trinajstić information content (AvgIpc) is 2.72. The molecule has 0 amide bonds. The van der Waals surface area contributed by atoms with Crippen molar-refractivity contribution in [2.75, 3.05) is 0 Å². The molecule has 0 radical (unpaired) electrons. The highest BCUT2D eigenvalue weighted by molar-refractivity contribution is 5.10. The SMILES string of the molecule is C=C[C@H]1C[C@H]2C[C@@H]1C1C[C@@H]3O[C@@H]3CC12. The van der Waals surface area contributed by atoms with Crippen molar-refractivity contribution in [3.05, 3.63) is 12.7 Å². The van der Waals surface area contributed by atoms with Crippen molar-refractivity contribution in [2.24, 2.45) is 29.6 Å². The van der Waals surface area contributed by atoms with Crippen LogP contribution in [0.15, 0.2) is 12.7 Å². The van der Waals surface area contributed by atoms with E-state index in [4.69, 9.17) is 4.74 Å². The number of epoxide rings is 1. The second-order valence-electron chi connectivity index (χ2n) is 5.81. The third-order valence-electron chi connectivity index (χ3n) is 5.40. The van der Waals surface area contributed by atoms with Crippen LogP contribution >= 0.6 is 0 Å². The zero-order chi connectivity index (χ0) is 9.28. The average molecular weight is 190 g/mol. The first-order valence-electron chi connectivity index (χ1n) is 6.15. The third-order valence-corrected chi connectivity index (χ3v) is 5.40. The molecule has 4 fully saturated rings. The summed E-state index contributed by atoms with van der Waals surface area (Å²) in [5, 5.41) is 0. The summed E-state index contributed by atoms with van der Waals surface area (Å²) in [5.74, 6) is 4.88. The molecule has 0 spiro atoms. The van der Waals surface area contributed by atoms with E-state index in [1.54, 1.807) is 0 Å². The standard InChI is InChI=1S/C13H18O/c1-2-7-3-8-4-9(7)11-6-13-12(14-13)5-10(8)11/h2,7-13H,1,3-6H2/t7-,8-,9-,10?,11?,12+,13-/m0/s1. The van der Waals surface area contributed by atoms with E-state index in [9.17, 15) is 0 Å². The first-order chi connectivity index (χ1) is 6.86. The van der Waals surface area contributed by atoms with Gasteiger partial charge >= 0.3 is 0 Å². The summed E-state index contributed by atoms with van der Waals surface area (Å²) in [6.45, 7) is 4.00. The smallest absolute Gasteiger partial charge is 0.0844 e. The summed E-state index contributed by atoms with van der Waals surface area (Å²) in [6.07, 6.45) is 9.28. The molecule has 2 bridgehead atoms. The summed E-state index contributed by atoms with van der Waals surface area (Å²) < 4.78 is 5.68. The van der Waals surface area contributed by atoms with Gasteiger partial charge in [0.15, 0.2) is 0 Å². The van der Waals surface area contributed by atoms with Gasteiger partial charge in [0.05, 0.1) is 12.2 Å². The molecule has 0 N–H and O–H groups in total. The largest absolute Gasteiger partial charge is 0.370 e. The molecule has 1 heterocycles. The van der Waals surface area contributed by atoms with E-state index in [1.807, 2.05) is 0 Å². The Morgan fingerprint density at radius 3 is 2.50 bits per heavy atom. The van der Waals surface area contributed by atoms with E-state index in [0.29, 0.717) is 12.2 Å². The van der Waals surface area contributed by atoms with Crippen LogP contribution in [0.5, 0.6) is 0 Å². The van der Waals surface area contributed by atoms with Crippen molar-refractivity contribution in [2.45, 2.75) is 37.9 Å². The molecule has 4 rings (SSSR count). The maximum Gasteiger partial charge on any atom is 0.0844 e. The zero-order valence-corrected chi connectivity index (χ0v) is 8.56.